The molecular formula is C19H23N3OS. The van der Waals surface area contributed by atoms with Crippen molar-refractivity contribution in [3.8, 4) is 0 Å². The van der Waals surface area contributed by atoms with Crippen LogP contribution in [-0.2, 0) is 24.3 Å². The van der Waals surface area contributed by atoms with Gasteiger partial charge in [0.15, 0.2) is 5.13 Å². The number of nitrogens with zero attached hydrogens (tertiary/aromatic N) is 2. The van der Waals surface area contributed by atoms with Crippen LogP contribution in [0.2, 0.25) is 0 Å². The number of hydrogen-bond donors (Lipinski definition) is 1. The summed E-state index contributed by atoms with van der Waals surface area (Å²) < 4.78 is 0. The smallest absolute Gasteiger partial charge is 0.229 e. The normalized spacial score (nSPS) is 18.5. The van der Waals surface area contributed by atoms with E-state index in [2.05, 4.69) is 44.8 Å². The van der Waals surface area contributed by atoms with Crippen LogP contribution < -0.4 is 5.32 Å². The number of carbonyl (C=O) groups is 1. The minimum Gasteiger partial charge on any atom is -0.302 e. The topological polar surface area (TPSA) is 45.2 Å². The summed E-state index contributed by atoms with van der Waals surface area (Å²) in [6.07, 6.45) is 5.51. The van der Waals surface area contributed by atoms with Crippen molar-refractivity contribution in [3.63, 3.8) is 0 Å². The Morgan fingerprint density at radius 3 is 2.88 bits per heavy atom. The monoisotopic (exact) mass is 341 g/mol. The summed E-state index contributed by atoms with van der Waals surface area (Å²) in [6.45, 7) is 2.90. The largest absolute Gasteiger partial charge is 0.302 e. The van der Waals surface area contributed by atoms with Gasteiger partial charge in [-0.15, -0.1) is 11.3 Å². The van der Waals surface area contributed by atoms with Crippen molar-refractivity contribution < 1.29 is 4.79 Å². The van der Waals surface area contributed by atoms with Gasteiger partial charge in [0.2, 0.25) is 5.91 Å². The highest BCUT2D eigenvalue weighted by molar-refractivity contribution is 7.13. The Hall–Kier alpha value is -1.72. The SMILES string of the molecule is O=C(Nc1nc(CN2CCc3ccccc3C2)cs1)C1CCCC1. The van der Waals surface area contributed by atoms with Crippen molar-refractivity contribution in [1.82, 2.24) is 9.88 Å². The van der Waals surface area contributed by atoms with Crippen LogP contribution in [0.3, 0.4) is 0 Å². The van der Waals surface area contributed by atoms with Crippen molar-refractivity contribution in [3.05, 3.63) is 46.5 Å². The lowest BCUT2D eigenvalue weighted by molar-refractivity contribution is -0.119. The standard InChI is InChI=1S/C19H23N3OS/c23-18(15-6-2-3-7-15)21-19-20-17(13-24-19)12-22-10-9-14-5-1-4-8-16(14)11-22/h1,4-5,8,13,15H,2-3,6-7,9-12H2,(H,20,21,23). The number of hydrogen-bond acceptors (Lipinski definition) is 4. The van der Waals surface area contributed by atoms with E-state index < -0.39 is 0 Å². The Morgan fingerprint density at radius 2 is 2.04 bits per heavy atom. The van der Waals surface area contributed by atoms with E-state index in [1.54, 1.807) is 11.3 Å². The van der Waals surface area contributed by atoms with Crippen molar-refractivity contribution >= 4 is 22.4 Å². The lowest BCUT2D eigenvalue weighted by atomic mass is 10.00. The van der Waals surface area contributed by atoms with Crippen molar-refractivity contribution in [2.45, 2.75) is 45.2 Å². The molecule has 0 atom stereocenters. The Labute approximate surface area is 146 Å². The number of carbonyl (C=O) groups excluding carboxylic acids is 1. The number of fused-ring (bicyclic) bond motifs is 1. The summed E-state index contributed by atoms with van der Waals surface area (Å²) in [5, 5.41) is 5.83. The van der Waals surface area contributed by atoms with Gasteiger partial charge in [-0.2, -0.15) is 0 Å². The second-order valence-corrected chi connectivity index (χ2v) is 7.70. The molecular weight excluding hydrogens is 318 g/mol. The second kappa shape index (κ2) is 7.03. The van der Waals surface area contributed by atoms with Gasteiger partial charge in [-0.1, -0.05) is 37.1 Å². The number of rotatable bonds is 4. The first kappa shape index (κ1) is 15.8. The van der Waals surface area contributed by atoms with Crippen LogP contribution in [0.4, 0.5) is 5.13 Å². The molecule has 1 saturated carbocycles. The van der Waals surface area contributed by atoms with Crippen LogP contribution in [0.5, 0.6) is 0 Å². The molecule has 4 rings (SSSR count). The molecule has 5 heteroatoms. The fraction of sp³-hybridized carbons (Fsp3) is 0.474. The Kier molecular flexibility index (Phi) is 4.63. The molecule has 1 aromatic heterocycles. The number of benzene rings is 1. The third-order valence-corrected chi connectivity index (χ3v) is 5.91. The predicted molar refractivity (Wildman–Crippen MR) is 97.0 cm³/mol. The average molecular weight is 341 g/mol. The molecule has 2 aromatic rings. The number of nitrogens with one attached hydrogen (secondary N) is 1. The van der Waals surface area contributed by atoms with Gasteiger partial charge in [0, 0.05) is 30.9 Å². The molecule has 4 nitrogen and oxygen atoms in total. The first-order chi connectivity index (χ1) is 11.8. The zero-order valence-electron chi connectivity index (χ0n) is 13.8. The van der Waals surface area contributed by atoms with E-state index in [9.17, 15) is 4.79 Å². The van der Waals surface area contributed by atoms with Gasteiger partial charge in [-0.05, 0) is 30.4 Å². The van der Waals surface area contributed by atoms with E-state index in [0.29, 0.717) is 0 Å². The molecule has 1 aromatic carbocycles. The molecule has 1 fully saturated rings. The molecule has 126 valence electrons. The van der Waals surface area contributed by atoms with Crippen molar-refractivity contribution in [2.24, 2.45) is 5.92 Å². The minimum absolute atomic E-state index is 0.153. The lowest BCUT2D eigenvalue weighted by Crippen LogP contribution is -2.30. The van der Waals surface area contributed by atoms with E-state index in [1.807, 2.05) is 0 Å². The summed E-state index contributed by atoms with van der Waals surface area (Å²) in [7, 11) is 0. The van der Waals surface area contributed by atoms with Gasteiger partial charge >= 0.3 is 0 Å². The van der Waals surface area contributed by atoms with Crippen LogP contribution in [0, 0.1) is 5.92 Å². The van der Waals surface area contributed by atoms with E-state index in [0.717, 1.165) is 49.7 Å². The van der Waals surface area contributed by atoms with Gasteiger partial charge < -0.3 is 5.32 Å². The maximum Gasteiger partial charge on any atom is 0.229 e. The van der Waals surface area contributed by atoms with Crippen LogP contribution in [-0.4, -0.2) is 22.3 Å². The minimum atomic E-state index is 0.153. The van der Waals surface area contributed by atoms with E-state index in [4.69, 9.17) is 0 Å². The number of thiazole rings is 1. The molecule has 0 saturated heterocycles. The molecule has 1 aliphatic carbocycles. The molecule has 0 spiro atoms. The average Bonchev–Trinajstić information content (AvgIpc) is 3.27. The molecule has 0 unspecified atom stereocenters. The predicted octanol–water partition coefficient (Wildman–Crippen LogP) is 3.83. The van der Waals surface area contributed by atoms with E-state index in [1.165, 1.54) is 24.0 Å². The molecule has 1 N–H and O–H groups in total. The van der Waals surface area contributed by atoms with E-state index >= 15 is 0 Å². The third-order valence-electron chi connectivity index (χ3n) is 5.10. The lowest BCUT2D eigenvalue weighted by Gasteiger charge is -2.27. The molecule has 1 amide bonds. The fourth-order valence-corrected chi connectivity index (χ4v) is 4.46. The van der Waals surface area contributed by atoms with Crippen molar-refractivity contribution in [2.75, 3.05) is 11.9 Å². The van der Waals surface area contributed by atoms with Crippen LogP contribution in [0.1, 0.15) is 42.5 Å². The summed E-state index contributed by atoms with van der Waals surface area (Å²) in [6, 6.07) is 8.68. The quantitative estimate of drug-likeness (QED) is 0.919. The van der Waals surface area contributed by atoms with Crippen LogP contribution in [0.25, 0.3) is 0 Å². The second-order valence-electron chi connectivity index (χ2n) is 6.84. The molecule has 2 heterocycles. The van der Waals surface area contributed by atoms with Crippen LogP contribution >= 0.6 is 11.3 Å². The molecule has 0 bridgehead atoms. The molecule has 1 aliphatic heterocycles. The highest BCUT2D eigenvalue weighted by Crippen LogP contribution is 2.27. The molecule has 24 heavy (non-hydrogen) atoms. The number of amides is 1. The maximum absolute atomic E-state index is 12.2. The fourth-order valence-electron chi connectivity index (χ4n) is 3.75. The summed E-state index contributed by atoms with van der Waals surface area (Å²) in [4.78, 5) is 19.2. The maximum atomic E-state index is 12.2. The highest BCUT2D eigenvalue weighted by Gasteiger charge is 2.23. The molecule has 0 radical (unpaired) electrons. The van der Waals surface area contributed by atoms with Crippen LogP contribution in [0.15, 0.2) is 29.6 Å². The third kappa shape index (κ3) is 3.52. The zero-order chi connectivity index (χ0) is 16.4. The number of anilines is 1. The van der Waals surface area contributed by atoms with Gasteiger partial charge in [-0.3, -0.25) is 9.69 Å². The molecule has 2 aliphatic rings. The van der Waals surface area contributed by atoms with Gasteiger partial charge in [0.25, 0.3) is 0 Å². The summed E-state index contributed by atoms with van der Waals surface area (Å²) in [5.74, 6) is 0.344. The number of aromatic nitrogens is 1. The summed E-state index contributed by atoms with van der Waals surface area (Å²) >= 11 is 1.54. The van der Waals surface area contributed by atoms with E-state index in [-0.39, 0.29) is 11.8 Å². The highest BCUT2D eigenvalue weighted by atomic mass is 32.1. The van der Waals surface area contributed by atoms with Gasteiger partial charge in [0.05, 0.1) is 5.69 Å². The summed E-state index contributed by atoms with van der Waals surface area (Å²) in [5.41, 5.74) is 3.95. The van der Waals surface area contributed by atoms with Crippen molar-refractivity contribution in [1.29, 1.82) is 0 Å². The zero-order valence-corrected chi connectivity index (χ0v) is 14.6. The first-order valence-corrected chi connectivity index (χ1v) is 9.70. The first-order valence-electron chi connectivity index (χ1n) is 8.82. The Morgan fingerprint density at radius 1 is 1.25 bits per heavy atom. The van der Waals surface area contributed by atoms with Gasteiger partial charge in [0.1, 0.15) is 0 Å². The Bertz CT molecular complexity index is 721. The van der Waals surface area contributed by atoms with Gasteiger partial charge in [-0.25, -0.2) is 4.98 Å². The Balaban J connectivity index is 1.35.